The number of benzene rings is 1. The van der Waals surface area contributed by atoms with Crippen LogP contribution in [-0.4, -0.2) is 52.4 Å². The van der Waals surface area contributed by atoms with E-state index >= 15 is 0 Å². The van der Waals surface area contributed by atoms with Crippen LogP contribution in [0.3, 0.4) is 0 Å². The van der Waals surface area contributed by atoms with Crippen molar-refractivity contribution >= 4 is 5.91 Å². The van der Waals surface area contributed by atoms with Crippen LogP contribution < -0.4 is 10.3 Å². The molecule has 3 heterocycles. The van der Waals surface area contributed by atoms with Gasteiger partial charge in [0, 0.05) is 57.0 Å². The second kappa shape index (κ2) is 8.37. The Kier molecular flexibility index (Phi) is 5.67. The number of ether oxygens (including phenoxy) is 1. The highest BCUT2D eigenvalue weighted by Gasteiger charge is 2.30. The molecule has 1 amide bonds. The summed E-state index contributed by atoms with van der Waals surface area (Å²) in [5, 5.41) is 0. The van der Waals surface area contributed by atoms with E-state index in [1.165, 1.54) is 0 Å². The Morgan fingerprint density at radius 3 is 2.93 bits per heavy atom. The first-order chi connectivity index (χ1) is 14.1. The van der Waals surface area contributed by atoms with Crippen molar-refractivity contribution < 1.29 is 9.53 Å². The molecular formula is C22H28N4O3. The Hall–Kier alpha value is -2.67. The van der Waals surface area contributed by atoms with Crippen molar-refractivity contribution in [2.75, 3.05) is 26.7 Å². The number of aromatic nitrogens is 2. The molecule has 0 radical (unpaired) electrons. The van der Waals surface area contributed by atoms with Gasteiger partial charge in [-0.15, -0.1) is 0 Å². The zero-order valence-corrected chi connectivity index (χ0v) is 17.1. The zero-order valence-electron chi connectivity index (χ0n) is 17.1. The molecule has 1 aromatic heterocycles. The molecule has 154 valence electrons. The van der Waals surface area contributed by atoms with Crippen molar-refractivity contribution in [2.45, 2.75) is 45.2 Å². The smallest absolute Gasteiger partial charge is 0.255 e. The van der Waals surface area contributed by atoms with E-state index in [-0.39, 0.29) is 17.4 Å². The first-order valence-corrected chi connectivity index (χ1v) is 10.3. The van der Waals surface area contributed by atoms with Crippen LogP contribution >= 0.6 is 0 Å². The van der Waals surface area contributed by atoms with Crippen LogP contribution in [0.4, 0.5) is 0 Å². The molecule has 2 aliphatic heterocycles. The number of carbonyl (C=O) groups excluding carboxylic acids is 1. The molecule has 2 aliphatic rings. The molecule has 1 N–H and O–H groups in total. The third-order valence-electron chi connectivity index (χ3n) is 5.98. The molecule has 1 aromatic carbocycles. The Morgan fingerprint density at radius 2 is 2.14 bits per heavy atom. The summed E-state index contributed by atoms with van der Waals surface area (Å²) in [6.45, 7) is 5.44. The summed E-state index contributed by atoms with van der Waals surface area (Å²) in [6.07, 6.45) is 2.13. The number of fused-ring (bicyclic) bond motifs is 1. The molecule has 0 saturated carbocycles. The maximum Gasteiger partial charge on any atom is 0.255 e. The van der Waals surface area contributed by atoms with Crippen molar-refractivity contribution in [3.8, 4) is 5.75 Å². The van der Waals surface area contributed by atoms with Crippen LogP contribution in [0.2, 0.25) is 0 Å². The lowest BCUT2D eigenvalue weighted by atomic mass is 10.0. The second-order valence-electron chi connectivity index (χ2n) is 7.83. The number of H-pyrrole nitrogens is 1. The van der Waals surface area contributed by atoms with Crippen molar-refractivity contribution in [1.29, 1.82) is 0 Å². The number of carbonyl (C=O) groups is 1. The fourth-order valence-electron chi connectivity index (χ4n) is 4.34. The minimum Gasteiger partial charge on any atom is -0.496 e. The molecule has 0 bridgehead atoms. The van der Waals surface area contributed by atoms with Crippen LogP contribution in [0.25, 0.3) is 0 Å². The van der Waals surface area contributed by atoms with Crippen molar-refractivity contribution in [1.82, 2.24) is 19.8 Å². The lowest BCUT2D eigenvalue weighted by Crippen LogP contribution is -2.36. The quantitative estimate of drug-likeness (QED) is 0.837. The molecule has 4 rings (SSSR count). The lowest BCUT2D eigenvalue weighted by Gasteiger charge is -2.28. The number of aromatic amines is 1. The molecule has 0 aliphatic carbocycles. The van der Waals surface area contributed by atoms with E-state index in [9.17, 15) is 9.59 Å². The van der Waals surface area contributed by atoms with Gasteiger partial charge in [0.2, 0.25) is 5.91 Å². The van der Waals surface area contributed by atoms with Crippen LogP contribution in [0.1, 0.15) is 48.3 Å². The van der Waals surface area contributed by atoms with Crippen molar-refractivity contribution in [3.05, 3.63) is 57.3 Å². The minimum absolute atomic E-state index is 0.0463. The fraction of sp³-hybridized carbons (Fsp3) is 0.500. The van der Waals surface area contributed by atoms with Gasteiger partial charge < -0.3 is 14.6 Å². The standard InChI is InChI=1S/C22H28N4O3/c1-3-20(27)26-11-8-16(13-26)21-23-18-9-10-25(14-17(18)22(28)24-21)12-15-6-4-5-7-19(15)29-2/h4-7,16H,3,8-14H2,1-2H3,(H,23,24,28). The van der Waals surface area contributed by atoms with Crippen molar-refractivity contribution in [3.63, 3.8) is 0 Å². The number of amides is 1. The normalized spacial score (nSPS) is 19.2. The molecule has 1 fully saturated rings. The molecule has 2 aromatic rings. The van der Waals surface area contributed by atoms with Gasteiger partial charge in [-0.3, -0.25) is 14.5 Å². The average molecular weight is 396 g/mol. The van der Waals surface area contributed by atoms with E-state index in [1.54, 1.807) is 7.11 Å². The Bertz CT molecular complexity index is 955. The molecule has 1 saturated heterocycles. The first kappa shape index (κ1) is 19.6. The third kappa shape index (κ3) is 4.05. The van der Waals surface area contributed by atoms with Gasteiger partial charge in [0.1, 0.15) is 11.6 Å². The first-order valence-electron chi connectivity index (χ1n) is 10.3. The summed E-state index contributed by atoms with van der Waals surface area (Å²) in [4.78, 5) is 36.7. The number of nitrogens with one attached hydrogen (secondary N) is 1. The number of nitrogens with zero attached hydrogens (tertiary/aromatic N) is 3. The van der Waals surface area contributed by atoms with E-state index in [0.29, 0.717) is 19.5 Å². The van der Waals surface area contributed by atoms with Crippen LogP contribution in [-0.2, 0) is 24.3 Å². The average Bonchev–Trinajstić information content (AvgIpc) is 3.24. The largest absolute Gasteiger partial charge is 0.496 e. The zero-order chi connectivity index (χ0) is 20.4. The summed E-state index contributed by atoms with van der Waals surface area (Å²) in [6, 6.07) is 7.98. The fourth-order valence-corrected chi connectivity index (χ4v) is 4.34. The highest BCUT2D eigenvalue weighted by molar-refractivity contribution is 5.76. The summed E-state index contributed by atoms with van der Waals surface area (Å²) in [7, 11) is 1.68. The Morgan fingerprint density at radius 1 is 1.31 bits per heavy atom. The van der Waals surface area contributed by atoms with Crippen LogP contribution in [0.15, 0.2) is 29.1 Å². The van der Waals surface area contributed by atoms with Gasteiger partial charge in [0.05, 0.1) is 18.4 Å². The summed E-state index contributed by atoms with van der Waals surface area (Å²) in [5.74, 6) is 1.89. The minimum atomic E-state index is -0.0463. The highest BCUT2D eigenvalue weighted by atomic mass is 16.5. The molecule has 1 unspecified atom stereocenters. The van der Waals surface area contributed by atoms with Crippen LogP contribution in [0, 0.1) is 0 Å². The lowest BCUT2D eigenvalue weighted by molar-refractivity contribution is -0.129. The summed E-state index contributed by atoms with van der Waals surface area (Å²) < 4.78 is 5.45. The van der Waals surface area contributed by atoms with Gasteiger partial charge >= 0.3 is 0 Å². The monoisotopic (exact) mass is 396 g/mol. The van der Waals surface area contributed by atoms with E-state index in [4.69, 9.17) is 9.72 Å². The van der Waals surface area contributed by atoms with Gasteiger partial charge in [0.15, 0.2) is 0 Å². The number of rotatable bonds is 5. The Balaban J connectivity index is 1.49. The van der Waals surface area contributed by atoms with Gasteiger partial charge in [-0.1, -0.05) is 25.1 Å². The predicted molar refractivity (Wildman–Crippen MR) is 110 cm³/mol. The summed E-state index contributed by atoms with van der Waals surface area (Å²) >= 11 is 0. The van der Waals surface area contributed by atoms with E-state index in [0.717, 1.165) is 60.9 Å². The second-order valence-corrected chi connectivity index (χ2v) is 7.83. The number of likely N-dealkylation sites (tertiary alicyclic amines) is 1. The molecule has 0 spiro atoms. The van der Waals surface area contributed by atoms with E-state index < -0.39 is 0 Å². The maximum atomic E-state index is 12.8. The predicted octanol–water partition coefficient (Wildman–Crippen LogP) is 2.06. The van der Waals surface area contributed by atoms with Gasteiger partial charge in [-0.25, -0.2) is 4.98 Å². The molecule has 7 heteroatoms. The maximum absolute atomic E-state index is 12.8. The Labute approximate surface area is 170 Å². The molecule has 1 atom stereocenters. The highest BCUT2D eigenvalue weighted by Crippen LogP contribution is 2.27. The van der Waals surface area contributed by atoms with Crippen molar-refractivity contribution in [2.24, 2.45) is 0 Å². The molecular weight excluding hydrogens is 368 g/mol. The number of para-hydroxylation sites is 1. The topological polar surface area (TPSA) is 78.5 Å². The molecule has 29 heavy (non-hydrogen) atoms. The van der Waals surface area contributed by atoms with Gasteiger partial charge in [-0.2, -0.15) is 0 Å². The number of hydrogen-bond acceptors (Lipinski definition) is 5. The van der Waals surface area contributed by atoms with Gasteiger partial charge in [0.25, 0.3) is 5.56 Å². The van der Waals surface area contributed by atoms with Gasteiger partial charge in [-0.05, 0) is 12.5 Å². The van der Waals surface area contributed by atoms with E-state index in [2.05, 4.69) is 16.0 Å². The van der Waals surface area contributed by atoms with Crippen LogP contribution in [0.5, 0.6) is 5.75 Å². The SMILES string of the molecule is CCC(=O)N1CCC(c2nc3c(c(=O)[nH]2)CN(Cc2ccccc2OC)CC3)C1. The van der Waals surface area contributed by atoms with E-state index in [1.807, 2.05) is 30.0 Å². The summed E-state index contributed by atoms with van der Waals surface area (Å²) in [5.41, 5.74) is 2.73. The molecule has 7 nitrogen and oxygen atoms in total. The number of methoxy groups -OCH3 is 1. The third-order valence-corrected chi connectivity index (χ3v) is 5.98. The number of hydrogen-bond donors (Lipinski definition) is 1.